The van der Waals surface area contributed by atoms with Crippen molar-refractivity contribution < 1.29 is 46.8 Å². The molecule has 2 aromatic rings. The number of ether oxygens (including phenoxy) is 5. The van der Waals surface area contributed by atoms with Gasteiger partial charge in [-0.1, -0.05) is 44.2 Å². The van der Waals surface area contributed by atoms with Gasteiger partial charge in [0.25, 0.3) is 0 Å². The first-order valence-corrected chi connectivity index (χ1v) is 17.2. The van der Waals surface area contributed by atoms with Crippen molar-refractivity contribution in [2.75, 3.05) is 46.2 Å². The number of hydrogen-bond acceptors (Lipinski definition) is 11. The molecular formula is C32H44N4O10S. The second-order valence-corrected chi connectivity index (χ2v) is 14.7. The molecule has 5 atom stereocenters. The van der Waals surface area contributed by atoms with Gasteiger partial charge in [0, 0.05) is 25.7 Å². The van der Waals surface area contributed by atoms with E-state index in [1.807, 2.05) is 44.2 Å². The Balaban J connectivity index is 1.37. The van der Waals surface area contributed by atoms with Gasteiger partial charge in [0.05, 0.1) is 42.7 Å². The average Bonchev–Trinajstić information content (AvgIpc) is 3.79. The molecule has 0 aliphatic carbocycles. The molecule has 3 aliphatic rings. The maximum atomic E-state index is 14.2. The number of carbonyl (C=O) groups is 2. The van der Waals surface area contributed by atoms with Crippen LogP contribution in [0.5, 0.6) is 11.5 Å². The fourth-order valence-electron chi connectivity index (χ4n) is 5.96. The van der Waals surface area contributed by atoms with Gasteiger partial charge in [-0.15, -0.1) is 0 Å². The Morgan fingerprint density at radius 2 is 1.89 bits per heavy atom. The monoisotopic (exact) mass is 676 g/mol. The van der Waals surface area contributed by atoms with E-state index in [9.17, 15) is 23.1 Å². The Morgan fingerprint density at radius 1 is 1.13 bits per heavy atom. The molecule has 14 nitrogen and oxygen atoms in total. The zero-order valence-corrected chi connectivity index (χ0v) is 27.4. The Morgan fingerprint density at radius 3 is 2.66 bits per heavy atom. The van der Waals surface area contributed by atoms with E-state index in [0.717, 1.165) is 5.56 Å². The summed E-state index contributed by atoms with van der Waals surface area (Å²) in [6, 6.07) is 12.7. The van der Waals surface area contributed by atoms with Crippen molar-refractivity contribution in [3.63, 3.8) is 0 Å². The summed E-state index contributed by atoms with van der Waals surface area (Å²) in [7, 11) is -4.20. The number of nitrogens with two attached hydrogens (primary N) is 1. The summed E-state index contributed by atoms with van der Waals surface area (Å²) in [5, 5.41) is 17.2. The second kappa shape index (κ2) is 15.2. The molecule has 5 N–H and O–H groups in total. The van der Waals surface area contributed by atoms with E-state index in [1.165, 1.54) is 22.5 Å². The van der Waals surface area contributed by atoms with E-state index >= 15 is 0 Å². The standard InChI is InChI=1S/C32H44N4O10S/c1-32(2,11-12-34-29(38)16-33)19-36(47(40,41)22-8-9-26-27(15-22)45-20-44-26)17-25(37)24(14-21-6-4-3-5-7-21)35-31(39)46-28-18-43-30-23(28)10-13-42-30/h3-9,15,23-25,28,30,37H,10-14,16-20,33H2,1-2H3,(H,34,38)(H,35,39)/t23?,24-,25?,28?,30?/m0/s1. The summed E-state index contributed by atoms with van der Waals surface area (Å²) >= 11 is 0. The van der Waals surface area contributed by atoms with Crippen LogP contribution in [0.2, 0.25) is 0 Å². The lowest BCUT2D eigenvalue weighted by molar-refractivity contribution is -0.119. The third-order valence-corrected chi connectivity index (χ3v) is 10.4. The Kier molecular flexibility index (Phi) is 11.3. The van der Waals surface area contributed by atoms with Crippen molar-refractivity contribution in [2.45, 2.75) is 62.5 Å². The molecule has 0 radical (unpaired) electrons. The number of sulfonamides is 1. The number of hydrogen-bond donors (Lipinski definition) is 4. The number of aliphatic hydroxyl groups excluding tert-OH is 1. The van der Waals surface area contributed by atoms with E-state index in [-0.39, 0.29) is 62.7 Å². The van der Waals surface area contributed by atoms with E-state index < -0.39 is 46.1 Å². The van der Waals surface area contributed by atoms with Crippen LogP contribution in [0.25, 0.3) is 0 Å². The fraction of sp³-hybridized carbons (Fsp3) is 0.562. The van der Waals surface area contributed by atoms with Crippen LogP contribution >= 0.6 is 0 Å². The van der Waals surface area contributed by atoms with Gasteiger partial charge in [0.1, 0.15) is 6.10 Å². The van der Waals surface area contributed by atoms with Crippen LogP contribution < -0.4 is 25.8 Å². The maximum absolute atomic E-state index is 14.2. The highest BCUT2D eigenvalue weighted by Crippen LogP contribution is 2.36. The molecule has 5 rings (SSSR count). The average molecular weight is 677 g/mol. The van der Waals surface area contributed by atoms with Crippen molar-refractivity contribution in [2.24, 2.45) is 17.1 Å². The first-order valence-electron chi connectivity index (χ1n) is 15.7. The first-order chi connectivity index (χ1) is 22.4. The summed E-state index contributed by atoms with van der Waals surface area (Å²) in [6.45, 7) is 4.22. The predicted molar refractivity (Wildman–Crippen MR) is 169 cm³/mol. The van der Waals surface area contributed by atoms with Gasteiger partial charge >= 0.3 is 6.09 Å². The molecule has 4 unspecified atom stereocenters. The molecule has 2 aromatic carbocycles. The fourth-order valence-corrected chi connectivity index (χ4v) is 7.62. The lowest BCUT2D eigenvalue weighted by atomic mass is 9.89. The van der Waals surface area contributed by atoms with Gasteiger partial charge in [-0.2, -0.15) is 4.31 Å². The molecule has 3 heterocycles. The number of rotatable bonds is 15. The number of amides is 2. The van der Waals surface area contributed by atoms with Crippen molar-refractivity contribution in [1.29, 1.82) is 0 Å². The minimum atomic E-state index is -4.20. The molecule has 2 saturated heterocycles. The molecular weight excluding hydrogens is 632 g/mol. The van der Waals surface area contributed by atoms with Gasteiger partial charge in [0.15, 0.2) is 17.8 Å². The minimum absolute atomic E-state index is 0.00961. The van der Waals surface area contributed by atoms with E-state index in [0.29, 0.717) is 30.9 Å². The number of alkyl carbamates (subject to hydrolysis) is 1. The number of nitrogens with one attached hydrogen (secondary N) is 2. The third-order valence-electron chi connectivity index (χ3n) is 8.60. The highest BCUT2D eigenvalue weighted by molar-refractivity contribution is 7.89. The van der Waals surface area contributed by atoms with Gasteiger partial charge < -0.3 is 45.2 Å². The highest BCUT2D eigenvalue weighted by Gasteiger charge is 2.44. The van der Waals surface area contributed by atoms with Gasteiger partial charge in [0.2, 0.25) is 22.7 Å². The molecule has 3 aliphatic heterocycles. The van der Waals surface area contributed by atoms with E-state index in [2.05, 4.69) is 10.6 Å². The Bertz CT molecular complexity index is 1490. The quantitative estimate of drug-likeness (QED) is 0.213. The lowest BCUT2D eigenvalue weighted by Crippen LogP contribution is -2.52. The summed E-state index contributed by atoms with van der Waals surface area (Å²) in [5.74, 6) is 0.341. The van der Waals surface area contributed by atoms with Crippen molar-refractivity contribution >= 4 is 22.0 Å². The molecule has 0 spiro atoms. The molecule has 47 heavy (non-hydrogen) atoms. The number of carbonyl (C=O) groups excluding carboxylic acids is 2. The van der Waals surface area contributed by atoms with Crippen molar-refractivity contribution in [3.8, 4) is 11.5 Å². The van der Waals surface area contributed by atoms with E-state index in [1.54, 1.807) is 0 Å². The van der Waals surface area contributed by atoms with Crippen LogP contribution in [-0.2, 0) is 35.4 Å². The molecule has 15 heteroatoms. The smallest absolute Gasteiger partial charge is 0.407 e. The third kappa shape index (κ3) is 8.91. The largest absolute Gasteiger partial charge is 0.454 e. The topological polar surface area (TPSA) is 188 Å². The maximum Gasteiger partial charge on any atom is 0.407 e. The normalized spacial score (nSPS) is 21.7. The van der Waals surface area contributed by atoms with Crippen LogP contribution in [-0.4, -0.2) is 101 Å². The zero-order valence-electron chi connectivity index (χ0n) is 26.6. The number of aliphatic hydroxyl groups is 1. The number of benzene rings is 2. The summed E-state index contributed by atoms with van der Waals surface area (Å²) < 4.78 is 57.2. The molecule has 0 bridgehead atoms. The van der Waals surface area contributed by atoms with Gasteiger partial charge in [-0.3, -0.25) is 4.79 Å². The van der Waals surface area contributed by atoms with Crippen LogP contribution in [0, 0.1) is 11.3 Å². The molecule has 2 amide bonds. The van der Waals surface area contributed by atoms with Crippen LogP contribution in [0.1, 0.15) is 32.3 Å². The summed E-state index contributed by atoms with van der Waals surface area (Å²) in [5.41, 5.74) is 5.59. The molecule has 2 fully saturated rings. The first kappa shape index (κ1) is 34.9. The Labute approximate surface area is 274 Å². The van der Waals surface area contributed by atoms with Crippen LogP contribution in [0.4, 0.5) is 4.79 Å². The van der Waals surface area contributed by atoms with Crippen molar-refractivity contribution in [3.05, 3.63) is 54.1 Å². The molecule has 0 aromatic heterocycles. The molecule has 258 valence electrons. The van der Waals surface area contributed by atoms with Gasteiger partial charge in [-0.05, 0) is 42.4 Å². The molecule has 0 saturated carbocycles. The number of fused-ring (bicyclic) bond motifs is 2. The minimum Gasteiger partial charge on any atom is -0.454 e. The van der Waals surface area contributed by atoms with Gasteiger partial charge in [-0.25, -0.2) is 13.2 Å². The lowest BCUT2D eigenvalue weighted by Gasteiger charge is -2.35. The van der Waals surface area contributed by atoms with Crippen LogP contribution in [0.3, 0.4) is 0 Å². The summed E-state index contributed by atoms with van der Waals surface area (Å²) in [6.07, 6.45) is -1.65. The second-order valence-electron chi connectivity index (χ2n) is 12.8. The van der Waals surface area contributed by atoms with E-state index in [4.69, 9.17) is 29.4 Å². The van der Waals surface area contributed by atoms with Crippen LogP contribution in [0.15, 0.2) is 53.4 Å². The predicted octanol–water partition coefficient (Wildman–Crippen LogP) is 1.36. The SMILES string of the molecule is CC(C)(CCNC(=O)CN)CN(CC(O)[C@H](Cc1ccccc1)NC(=O)OC1COC2OCCC12)S(=O)(=O)c1ccc2c(c1)OCO2. The summed E-state index contributed by atoms with van der Waals surface area (Å²) in [4.78, 5) is 24.9. The Hall–Kier alpha value is -3.47. The number of nitrogens with zero attached hydrogens (tertiary/aromatic N) is 1. The highest BCUT2D eigenvalue weighted by atomic mass is 32.2. The zero-order chi connectivity index (χ0) is 33.6. The van der Waals surface area contributed by atoms with Crippen molar-refractivity contribution in [1.82, 2.24) is 14.9 Å².